The molecule has 0 aliphatic rings. The van der Waals surface area contributed by atoms with Crippen LogP contribution in [0, 0.1) is 7.43 Å². The van der Waals surface area contributed by atoms with Crippen molar-refractivity contribution in [1.82, 2.24) is 0 Å². The van der Waals surface area contributed by atoms with Crippen LogP contribution in [0.5, 0.6) is 0 Å². The monoisotopic (exact) mass is 103 g/mol. The number of aliphatic hydroxyl groups is 1. The fourth-order valence-corrected chi connectivity index (χ4v) is 0. The van der Waals surface area contributed by atoms with E-state index in [1.54, 1.807) is 0 Å². The molecule has 0 saturated carbocycles. The van der Waals surface area contributed by atoms with Gasteiger partial charge in [-0.1, -0.05) is 0 Å². The molecular formula is C2H7FeO-. The van der Waals surface area contributed by atoms with Gasteiger partial charge in [0.1, 0.15) is 0 Å². The van der Waals surface area contributed by atoms with Crippen LogP contribution in [-0.4, -0.2) is 12.2 Å². The van der Waals surface area contributed by atoms with Gasteiger partial charge in [-0.05, 0) is 0 Å². The van der Waals surface area contributed by atoms with Crippen LogP contribution in [0.4, 0.5) is 0 Å². The predicted molar refractivity (Wildman–Crippen MR) is 14.6 cm³/mol. The maximum absolute atomic E-state index is 7.00. The molecule has 0 rings (SSSR count). The van der Waals surface area contributed by atoms with Crippen LogP contribution < -0.4 is 0 Å². The van der Waals surface area contributed by atoms with Crippen molar-refractivity contribution in [3.8, 4) is 0 Å². The molecule has 0 aromatic rings. The van der Waals surface area contributed by atoms with Crippen LogP contribution >= 0.6 is 0 Å². The molecule has 0 amide bonds. The van der Waals surface area contributed by atoms with Crippen molar-refractivity contribution in [3.63, 3.8) is 0 Å². The Balaban J connectivity index is -0.00000000500. The Morgan fingerprint density at radius 2 is 1.25 bits per heavy atom. The molecule has 0 aliphatic carbocycles. The van der Waals surface area contributed by atoms with Crippen LogP contribution in [0.3, 0.4) is 0 Å². The zero-order valence-corrected chi connectivity index (χ0v) is 3.90. The van der Waals surface area contributed by atoms with Gasteiger partial charge in [-0.2, -0.15) is 0 Å². The van der Waals surface area contributed by atoms with Gasteiger partial charge in [0, 0.05) is 24.2 Å². The maximum Gasteiger partial charge on any atom is 0.0319 e. The fourth-order valence-electron chi connectivity index (χ4n) is 0. The third kappa shape index (κ3) is 23.6. The quantitative estimate of drug-likeness (QED) is 0.339. The molecule has 0 aromatic carbocycles. The molecule has 0 heterocycles. The topological polar surface area (TPSA) is 20.2 Å². The Kier molecular flexibility index (Phi) is 576. The van der Waals surface area contributed by atoms with Crippen molar-refractivity contribution in [3.05, 3.63) is 7.43 Å². The van der Waals surface area contributed by atoms with Crippen molar-refractivity contribution in [2.24, 2.45) is 0 Å². The first-order chi connectivity index (χ1) is 1.00. The van der Waals surface area contributed by atoms with Crippen molar-refractivity contribution in [2.45, 2.75) is 0 Å². The zero-order chi connectivity index (χ0) is 2.00. The first-order valence-corrected chi connectivity index (χ1v) is 0.447. The van der Waals surface area contributed by atoms with Gasteiger partial charge in [0.15, 0.2) is 0 Å². The summed E-state index contributed by atoms with van der Waals surface area (Å²) in [4.78, 5) is 0. The molecule has 1 nitrogen and oxygen atoms in total. The van der Waals surface area contributed by atoms with E-state index in [1.165, 1.54) is 0 Å². The smallest absolute Gasteiger partial charge is 0.0319 e. The van der Waals surface area contributed by atoms with Gasteiger partial charge in [-0.3, -0.25) is 0 Å². The molecule has 0 spiro atoms. The summed E-state index contributed by atoms with van der Waals surface area (Å²) in [5.74, 6) is 0. The second kappa shape index (κ2) is 93.0. The molecular weight excluding hydrogens is 95.9 g/mol. The molecule has 1 N–H and O–H groups in total. The minimum Gasteiger partial charge on any atom is -0.400 e. The number of hydrogen-bond acceptors (Lipinski definition) is 1. The SMILES string of the molecule is CO.[CH3-].[Fe]. The summed E-state index contributed by atoms with van der Waals surface area (Å²) in [6, 6.07) is 0. The Bertz CT molecular complexity index is 6.00. The van der Waals surface area contributed by atoms with E-state index < -0.39 is 0 Å². The second-order valence-electron chi connectivity index (χ2n) is 0. The minimum atomic E-state index is 0. The van der Waals surface area contributed by atoms with Crippen LogP contribution in [0.2, 0.25) is 0 Å². The third-order valence-electron chi connectivity index (χ3n) is 0. The van der Waals surface area contributed by atoms with Crippen LogP contribution in [-0.2, 0) is 17.1 Å². The summed E-state index contributed by atoms with van der Waals surface area (Å²) in [6.07, 6.45) is 0. The standard InChI is InChI=1S/CH4O.CH3.Fe/c1-2;;/h2H,1H3;1H3;/q;-1;. The number of aliphatic hydroxyl groups excluding tert-OH is 1. The van der Waals surface area contributed by atoms with E-state index in [2.05, 4.69) is 0 Å². The Hall–Kier alpha value is 0.479. The van der Waals surface area contributed by atoms with Crippen molar-refractivity contribution in [2.75, 3.05) is 7.11 Å². The molecule has 0 radical (unpaired) electrons. The van der Waals surface area contributed by atoms with E-state index in [9.17, 15) is 0 Å². The average Bonchev–Trinajstić information content (AvgIpc) is 1.00. The molecule has 0 bridgehead atoms. The molecule has 0 aliphatic heterocycles. The van der Waals surface area contributed by atoms with Gasteiger partial charge >= 0.3 is 0 Å². The second-order valence-corrected chi connectivity index (χ2v) is 0. The summed E-state index contributed by atoms with van der Waals surface area (Å²) in [5, 5.41) is 7.00. The Morgan fingerprint density at radius 1 is 1.25 bits per heavy atom. The first-order valence-electron chi connectivity index (χ1n) is 0.447. The van der Waals surface area contributed by atoms with Crippen molar-refractivity contribution < 1.29 is 22.2 Å². The van der Waals surface area contributed by atoms with Gasteiger partial charge in [-0.15, -0.1) is 0 Å². The molecule has 4 heavy (non-hydrogen) atoms. The van der Waals surface area contributed by atoms with Gasteiger partial charge < -0.3 is 12.5 Å². The summed E-state index contributed by atoms with van der Waals surface area (Å²) in [5.41, 5.74) is 0. The Morgan fingerprint density at radius 3 is 1.25 bits per heavy atom. The van der Waals surface area contributed by atoms with E-state index in [4.69, 9.17) is 5.11 Å². The number of rotatable bonds is 0. The van der Waals surface area contributed by atoms with E-state index in [1.807, 2.05) is 0 Å². The fraction of sp³-hybridized carbons (Fsp3) is 0.500. The van der Waals surface area contributed by atoms with Gasteiger partial charge in [0.05, 0.1) is 0 Å². The maximum atomic E-state index is 7.00. The molecule has 0 fully saturated rings. The molecule has 0 atom stereocenters. The van der Waals surface area contributed by atoms with Gasteiger partial charge in [-0.25, -0.2) is 0 Å². The molecule has 0 aromatic heterocycles. The van der Waals surface area contributed by atoms with Crippen LogP contribution in [0.1, 0.15) is 0 Å². The van der Waals surface area contributed by atoms with E-state index in [-0.39, 0.29) is 24.5 Å². The summed E-state index contributed by atoms with van der Waals surface area (Å²) in [7, 11) is 1.00. The number of hydrogen-bond donors (Lipinski definition) is 1. The predicted octanol–water partition coefficient (Wildman–Crippen LogP) is 0.0563. The third-order valence-corrected chi connectivity index (χ3v) is 0. The summed E-state index contributed by atoms with van der Waals surface area (Å²) >= 11 is 0. The van der Waals surface area contributed by atoms with Gasteiger partial charge in [0.25, 0.3) is 0 Å². The largest absolute Gasteiger partial charge is 0.400 e. The Labute approximate surface area is 37.5 Å². The summed E-state index contributed by atoms with van der Waals surface area (Å²) < 4.78 is 0. The van der Waals surface area contributed by atoms with Crippen LogP contribution in [0.15, 0.2) is 0 Å². The molecule has 30 valence electrons. The van der Waals surface area contributed by atoms with E-state index >= 15 is 0 Å². The molecule has 0 saturated heterocycles. The van der Waals surface area contributed by atoms with E-state index in [0.717, 1.165) is 7.11 Å². The first kappa shape index (κ1) is 24.8. The molecule has 2 heteroatoms. The average molecular weight is 103 g/mol. The van der Waals surface area contributed by atoms with Gasteiger partial charge in [0.2, 0.25) is 0 Å². The van der Waals surface area contributed by atoms with E-state index in [0.29, 0.717) is 0 Å². The molecule has 0 unspecified atom stereocenters. The van der Waals surface area contributed by atoms with Crippen molar-refractivity contribution >= 4 is 0 Å². The minimum absolute atomic E-state index is 0. The normalized spacial score (nSPS) is 1.50. The van der Waals surface area contributed by atoms with Crippen LogP contribution in [0.25, 0.3) is 0 Å². The van der Waals surface area contributed by atoms with Crippen molar-refractivity contribution in [1.29, 1.82) is 0 Å². The summed E-state index contributed by atoms with van der Waals surface area (Å²) in [6.45, 7) is 0. The zero-order valence-electron chi connectivity index (χ0n) is 2.80.